The summed E-state index contributed by atoms with van der Waals surface area (Å²) in [6.07, 6.45) is 2.44. The fourth-order valence-corrected chi connectivity index (χ4v) is 5.19. The molecular formula is C20H27N5O4S2. The van der Waals surface area contributed by atoms with Crippen LogP contribution in [0.5, 0.6) is 0 Å². The second kappa shape index (κ2) is 11.2. The number of carbonyl (C=O) groups is 2. The van der Waals surface area contributed by atoms with Crippen molar-refractivity contribution in [3.63, 3.8) is 0 Å². The van der Waals surface area contributed by atoms with Crippen molar-refractivity contribution < 1.29 is 18.0 Å². The van der Waals surface area contributed by atoms with Gasteiger partial charge in [0.2, 0.25) is 15.9 Å². The lowest BCUT2D eigenvalue weighted by Gasteiger charge is -2.34. The number of anilines is 1. The Kier molecular flexibility index (Phi) is 8.38. The van der Waals surface area contributed by atoms with E-state index < -0.39 is 10.0 Å². The van der Waals surface area contributed by atoms with Gasteiger partial charge in [-0.15, -0.1) is 0 Å². The molecule has 0 saturated carbocycles. The van der Waals surface area contributed by atoms with E-state index in [2.05, 4.69) is 20.5 Å². The van der Waals surface area contributed by atoms with Crippen LogP contribution < -0.4 is 15.5 Å². The van der Waals surface area contributed by atoms with Crippen LogP contribution in [0.2, 0.25) is 0 Å². The van der Waals surface area contributed by atoms with Gasteiger partial charge in [0.15, 0.2) is 0 Å². The van der Waals surface area contributed by atoms with E-state index in [1.54, 1.807) is 17.6 Å². The van der Waals surface area contributed by atoms with E-state index in [-0.39, 0.29) is 30.5 Å². The SMILES string of the molecule is O=C(CCCNC(=O)c1ccsc1)NCCS(=O)(=O)N1CCN(c2ccccn2)CC1. The molecule has 0 aliphatic carbocycles. The highest BCUT2D eigenvalue weighted by Crippen LogP contribution is 2.14. The van der Waals surface area contributed by atoms with Gasteiger partial charge in [0, 0.05) is 62.8 Å². The summed E-state index contributed by atoms with van der Waals surface area (Å²) in [4.78, 5) is 30.1. The maximum Gasteiger partial charge on any atom is 0.252 e. The minimum absolute atomic E-state index is 0.0723. The number of hydrogen-bond acceptors (Lipinski definition) is 7. The lowest BCUT2D eigenvalue weighted by Crippen LogP contribution is -2.50. The van der Waals surface area contributed by atoms with E-state index >= 15 is 0 Å². The van der Waals surface area contributed by atoms with Crippen LogP contribution in [0.3, 0.4) is 0 Å². The van der Waals surface area contributed by atoms with Gasteiger partial charge in [0.05, 0.1) is 5.75 Å². The van der Waals surface area contributed by atoms with Crippen LogP contribution in [-0.4, -0.2) is 74.5 Å². The lowest BCUT2D eigenvalue weighted by atomic mass is 10.2. The highest BCUT2D eigenvalue weighted by atomic mass is 32.2. The third-order valence-electron chi connectivity index (χ3n) is 4.94. The molecule has 1 aliphatic heterocycles. The van der Waals surface area contributed by atoms with Gasteiger partial charge in [0.1, 0.15) is 5.82 Å². The average Bonchev–Trinajstić information content (AvgIpc) is 3.32. The first-order valence-corrected chi connectivity index (χ1v) is 12.7. The molecule has 9 nitrogen and oxygen atoms in total. The van der Waals surface area contributed by atoms with E-state index in [9.17, 15) is 18.0 Å². The molecule has 1 saturated heterocycles. The van der Waals surface area contributed by atoms with Crippen LogP contribution in [0.25, 0.3) is 0 Å². The van der Waals surface area contributed by atoms with Gasteiger partial charge < -0.3 is 15.5 Å². The standard InChI is InChI=1S/C20H27N5O4S2/c26-19(5-3-8-23-20(27)17-6-14-30-16-17)22-9-15-31(28,29)25-12-10-24(11-13-25)18-4-1-2-7-21-18/h1-2,4,6-7,14,16H,3,5,8-13,15H2,(H,22,26)(H,23,27). The molecule has 0 aromatic carbocycles. The first-order valence-electron chi connectivity index (χ1n) is 10.2. The van der Waals surface area contributed by atoms with Gasteiger partial charge in [0.25, 0.3) is 5.91 Å². The molecular weight excluding hydrogens is 438 g/mol. The minimum atomic E-state index is -3.43. The van der Waals surface area contributed by atoms with E-state index in [4.69, 9.17) is 0 Å². The van der Waals surface area contributed by atoms with Gasteiger partial charge in [-0.05, 0) is 30.0 Å². The van der Waals surface area contributed by atoms with Gasteiger partial charge in [-0.3, -0.25) is 9.59 Å². The van der Waals surface area contributed by atoms with Crippen LogP contribution in [0.15, 0.2) is 41.2 Å². The molecule has 2 aromatic heterocycles. The lowest BCUT2D eigenvalue weighted by molar-refractivity contribution is -0.121. The monoisotopic (exact) mass is 465 g/mol. The summed E-state index contributed by atoms with van der Waals surface area (Å²) >= 11 is 1.45. The molecule has 0 bridgehead atoms. The van der Waals surface area contributed by atoms with Crippen LogP contribution in [-0.2, 0) is 14.8 Å². The zero-order valence-corrected chi connectivity index (χ0v) is 18.8. The summed E-state index contributed by atoms with van der Waals surface area (Å²) < 4.78 is 26.6. The van der Waals surface area contributed by atoms with Crippen molar-refractivity contribution in [1.29, 1.82) is 0 Å². The highest BCUT2D eigenvalue weighted by molar-refractivity contribution is 7.89. The molecule has 1 fully saturated rings. The fourth-order valence-electron chi connectivity index (χ4n) is 3.22. The Morgan fingerprint density at radius 2 is 1.87 bits per heavy atom. The number of nitrogens with one attached hydrogen (secondary N) is 2. The number of aromatic nitrogens is 1. The first kappa shape index (κ1) is 23.2. The average molecular weight is 466 g/mol. The Hall–Kier alpha value is -2.50. The molecule has 2 amide bonds. The van der Waals surface area contributed by atoms with Crippen molar-refractivity contribution >= 4 is 39.0 Å². The predicted octanol–water partition coefficient (Wildman–Crippen LogP) is 0.921. The van der Waals surface area contributed by atoms with E-state index in [1.807, 2.05) is 23.6 Å². The number of pyridine rings is 1. The summed E-state index contributed by atoms with van der Waals surface area (Å²) in [6.45, 7) is 2.43. The number of rotatable bonds is 10. The summed E-state index contributed by atoms with van der Waals surface area (Å²) in [5.74, 6) is 0.339. The van der Waals surface area contributed by atoms with E-state index in [0.717, 1.165) is 5.82 Å². The van der Waals surface area contributed by atoms with Crippen molar-refractivity contribution in [2.24, 2.45) is 0 Å². The summed E-state index contributed by atoms with van der Waals surface area (Å²) in [5.41, 5.74) is 0.612. The Balaban J connectivity index is 1.30. The summed E-state index contributed by atoms with van der Waals surface area (Å²) in [6, 6.07) is 7.41. The number of sulfonamides is 1. The summed E-state index contributed by atoms with van der Waals surface area (Å²) in [7, 11) is -3.43. The molecule has 3 rings (SSSR count). The highest BCUT2D eigenvalue weighted by Gasteiger charge is 2.27. The van der Waals surface area contributed by atoms with Crippen molar-refractivity contribution in [2.75, 3.05) is 49.9 Å². The second-order valence-corrected chi connectivity index (χ2v) is 9.98. The van der Waals surface area contributed by atoms with Crippen molar-refractivity contribution in [1.82, 2.24) is 19.9 Å². The Labute approximate surface area is 186 Å². The van der Waals surface area contributed by atoms with Crippen molar-refractivity contribution in [3.8, 4) is 0 Å². The second-order valence-electron chi connectivity index (χ2n) is 7.11. The smallest absolute Gasteiger partial charge is 0.252 e. The Morgan fingerprint density at radius 1 is 1.06 bits per heavy atom. The largest absolute Gasteiger partial charge is 0.355 e. The minimum Gasteiger partial charge on any atom is -0.355 e. The van der Waals surface area contributed by atoms with E-state index in [1.165, 1.54) is 15.6 Å². The van der Waals surface area contributed by atoms with Crippen LogP contribution in [0.4, 0.5) is 5.82 Å². The topological polar surface area (TPSA) is 112 Å². The fraction of sp³-hybridized carbons (Fsp3) is 0.450. The number of hydrogen-bond donors (Lipinski definition) is 2. The molecule has 2 aromatic rings. The molecule has 2 N–H and O–H groups in total. The zero-order valence-electron chi connectivity index (χ0n) is 17.2. The molecule has 0 spiro atoms. The quantitative estimate of drug-likeness (QED) is 0.505. The third kappa shape index (κ3) is 7.01. The molecule has 1 aliphatic rings. The molecule has 168 valence electrons. The molecule has 0 unspecified atom stereocenters. The van der Waals surface area contributed by atoms with Gasteiger partial charge >= 0.3 is 0 Å². The zero-order chi connectivity index (χ0) is 22.1. The van der Waals surface area contributed by atoms with E-state index in [0.29, 0.717) is 44.7 Å². The molecule has 11 heteroatoms. The van der Waals surface area contributed by atoms with Crippen LogP contribution in [0, 0.1) is 0 Å². The number of nitrogens with zero attached hydrogens (tertiary/aromatic N) is 3. The molecule has 3 heterocycles. The molecule has 0 atom stereocenters. The maximum absolute atomic E-state index is 12.6. The number of thiophene rings is 1. The van der Waals surface area contributed by atoms with Crippen molar-refractivity contribution in [2.45, 2.75) is 12.8 Å². The first-order chi connectivity index (χ1) is 15.0. The Bertz CT molecular complexity index is 943. The Morgan fingerprint density at radius 3 is 2.55 bits per heavy atom. The van der Waals surface area contributed by atoms with Crippen LogP contribution in [0.1, 0.15) is 23.2 Å². The predicted molar refractivity (Wildman–Crippen MR) is 121 cm³/mol. The normalized spacial score (nSPS) is 14.9. The van der Waals surface area contributed by atoms with Crippen LogP contribution >= 0.6 is 11.3 Å². The van der Waals surface area contributed by atoms with Gasteiger partial charge in [-0.25, -0.2) is 13.4 Å². The maximum atomic E-state index is 12.6. The number of piperazine rings is 1. The van der Waals surface area contributed by atoms with Crippen molar-refractivity contribution in [3.05, 3.63) is 46.8 Å². The molecule has 31 heavy (non-hydrogen) atoms. The number of carbonyl (C=O) groups excluding carboxylic acids is 2. The van der Waals surface area contributed by atoms with Gasteiger partial charge in [-0.1, -0.05) is 6.07 Å². The third-order valence-corrected chi connectivity index (χ3v) is 7.49. The number of amides is 2. The van der Waals surface area contributed by atoms with Gasteiger partial charge in [-0.2, -0.15) is 15.6 Å². The summed E-state index contributed by atoms with van der Waals surface area (Å²) in [5, 5.41) is 9.00. The molecule has 0 radical (unpaired) electrons.